The second-order valence-electron chi connectivity index (χ2n) is 6.01. The molecule has 4 rings (SSSR count). The van der Waals surface area contributed by atoms with E-state index < -0.39 is 25.2 Å². The summed E-state index contributed by atoms with van der Waals surface area (Å²) in [7, 11) is 1.44. The standard InChI is InChI=1S/C17H15F3N6O/c1-9-21-17(27-2)16-15(12(20)8-25(16)23-9)10-3-4-13-14(5-10)26(24-22-13)11(6-18)7-19/h3-5,8,11H,6-7H2,1-2H3. The summed E-state index contributed by atoms with van der Waals surface area (Å²) in [4.78, 5) is 4.19. The molecule has 27 heavy (non-hydrogen) atoms. The number of fused-ring (bicyclic) bond motifs is 2. The molecule has 0 atom stereocenters. The SMILES string of the molecule is COc1nc(C)nn2cc(F)c(-c3ccc4nnn(C(CF)CF)c4c3)c12. The number of halogens is 3. The van der Waals surface area contributed by atoms with Crippen molar-refractivity contribution in [2.45, 2.75) is 13.0 Å². The molecule has 7 nitrogen and oxygen atoms in total. The van der Waals surface area contributed by atoms with Gasteiger partial charge in [-0.2, -0.15) is 10.1 Å². The summed E-state index contributed by atoms with van der Waals surface area (Å²) < 4.78 is 48.8. The fourth-order valence-electron chi connectivity index (χ4n) is 3.08. The average molecular weight is 376 g/mol. The van der Waals surface area contributed by atoms with Crippen LogP contribution in [0.2, 0.25) is 0 Å². The number of benzene rings is 1. The van der Waals surface area contributed by atoms with Crippen molar-refractivity contribution in [1.82, 2.24) is 29.6 Å². The van der Waals surface area contributed by atoms with Crippen LogP contribution in [0.15, 0.2) is 24.4 Å². The summed E-state index contributed by atoms with van der Waals surface area (Å²) in [5.74, 6) is 0.116. The molecule has 0 N–H and O–H groups in total. The van der Waals surface area contributed by atoms with Crippen molar-refractivity contribution in [3.8, 4) is 17.0 Å². The van der Waals surface area contributed by atoms with E-state index in [1.807, 2.05) is 0 Å². The van der Waals surface area contributed by atoms with E-state index in [-0.39, 0.29) is 11.4 Å². The highest BCUT2D eigenvalue weighted by Crippen LogP contribution is 2.35. The summed E-state index contributed by atoms with van der Waals surface area (Å²) in [5.41, 5.74) is 1.89. The average Bonchev–Trinajstić information content (AvgIpc) is 3.22. The van der Waals surface area contributed by atoms with Crippen molar-refractivity contribution < 1.29 is 17.9 Å². The first-order valence-corrected chi connectivity index (χ1v) is 8.14. The van der Waals surface area contributed by atoms with E-state index in [2.05, 4.69) is 20.4 Å². The van der Waals surface area contributed by atoms with Crippen LogP contribution in [-0.2, 0) is 0 Å². The van der Waals surface area contributed by atoms with Gasteiger partial charge < -0.3 is 4.74 Å². The maximum atomic E-state index is 14.8. The van der Waals surface area contributed by atoms with Crippen LogP contribution in [0.25, 0.3) is 27.7 Å². The Labute approximate surface area is 151 Å². The predicted octanol–water partition coefficient (Wildman–Crippen LogP) is 3.08. The molecule has 0 spiro atoms. The predicted molar refractivity (Wildman–Crippen MR) is 91.7 cm³/mol. The lowest BCUT2D eigenvalue weighted by molar-refractivity contribution is 0.274. The molecule has 0 bridgehead atoms. The van der Waals surface area contributed by atoms with E-state index in [9.17, 15) is 13.2 Å². The highest BCUT2D eigenvalue weighted by Gasteiger charge is 2.21. The van der Waals surface area contributed by atoms with Crippen LogP contribution >= 0.6 is 0 Å². The number of nitrogens with zero attached hydrogens (tertiary/aromatic N) is 6. The molecule has 0 fully saturated rings. The minimum Gasteiger partial charge on any atom is -0.479 e. The third-order valence-electron chi connectivity index (χ3n) is 4.31. The highest BCUT2D eigenvalue weighted by molar-refractivity contribution is 5.89. The van der Waals surface area contributed by atoms with Crippen LogP contribution in [0.1, 0.15) is 11.9 Å². The van der Waals surface area contributed by atoms with Crippen LogP contribution in [-0.4, -0.2) is 50.1 Å². The van der Waals surface area contributed by atoms with Gasteiger partial charge in [-0.1, -0.05) is 11.3 Å². The lowest BCUT2D eigenvalue weighted by Gasteiger charge is -2.10. The summed E-state index contributed by atoms with van der Waals surface area (Å²) in [6.07, 6.45) is 1.23. The van der Waals surface area contributed by atoms with E-state index in [4.69, 9.17) is 4.74 Å². The van der Waals surface area contributed by atoms with Crippen LogP contribution in [0.5, 0.6) is 5.88 Å². The van der Waals surface area contributed by atoms with Gasteiger partial charge in [-0.25, -0.2) is 22.4 Å². The van der Waals surface area contributed by atoms with Gasteiger partial charge in [0.25, 0.3) is 0 Å². The number of aromatic nitrogens is 6. The summed E-state index contributed by atoms with van der Waals surface area (Å²) in [6.45, 7) is -0.183. The van der Waals surface area contributed by atoms with Crippen molar-refractivity contribution in [2.75, 3.05) is 20.5 Å². The Balaban J connectivity index is 1.97. The Hall–Kier alpha value is -3.17. The van der Waals surface area contributed by atoms with Crippen molar-refractivity contribution in [3.63, 3.8) is 0 Å². The Kier molecular flexibility index (Phi) is 4.17. The first kappa shape index (κ1) is 17.3. The molecule has 4 aromatic rings. The molecule has 0 saturated heterocycles. The van der Waals surface area contributed by atoms with E-state index >= 15 is 0 Å². The van der Waals surface area contributed by atoms with Gasteiger partial charge in [-0.05, 0) is 24.6 Å². The number of methoxy groups -OCH3 is 1. The number of hydrogen-bond donors (Lipinski definition) is 0. The van der Waals surface area contributed by atoms with Crippen molar-refractivity contribution in [3.05, 3.63) is 36.0 Å². The maximum absolute atomic E-state index is 14.8. The van der Waals surface area contributed by atoms with E-state index in [0.29, 0.717) is 27.9 Å². The van der Waals surface area contributed by atoms with Gasteiger partial charge in [0.15, 0.2) is 5.82 Å². The Morgan fingerprint density at radius 1 is 1.22 bits per heavy atom. The molecule has 140 valence electrons. The van der Waals surface area contributed by atoms with Gasteiger partial charge in [-0.3, -0.25) is 0 Å². The minimum absolute atomic E-state index is 0.221. The molecule has 10 heteroatoms. The molecule has 3 heterocycles. The number of alkyl halides is 2. The number of ether oxygens (including phenoxy) is 1. The Morgan fingerprint density at radius 2 is 2.00 bits per heavy atom. The third kappa shape index (κ3) is 2.68. The monoisotopic (exact) mass is 376 g/mol. The third-order valence-corrected chi connectivity index (χ3v) is 4.31. The fourth-order valence-corrected chi connectivity index (χ4v) is 3.08. The molecule has 0 aliphatic rings. The van der Waals surface area contributed by atoms with Gasteiger partial charge in [-0.15, -0.1) is 5.10 Å². The smallest absolute Gasteiger partial charge is 0.242 e. The van der Waals surface area contributed by atoms with Crippen molar-refractivity contribution in [2.24, 2.45) is 0 Å². The lowest BCUT2D eigenvalue weighted by Crippen LogP contribution is -2.14. The summed E-state index contributed by atoms with van der Waals surface area (Å²) in [5, 5.41) is 11.9. The van der Waals surface area contributed by atoms with Crippen molar-refractivity contribution in [1.29, 1.82) is 0 Å². The van der Waals surface area contributed by atoms with Gasteiger partial charge in [0, 0.05) is 0 Å². The number of aryl methyl sites for hydroxylation is 1. The first-order chi connectivity index (χ1) is 13.1. The van der Waals surface area contributed by atoms with Crippen LogP contribution in [0, 0.1) is 12.7 Å². The zero-order valence-electron chi connectivity index (χ0n) is 14.5. The number of hydrogen-bond acceptors (Lipinski definition) is 5. The van der Waals surface area contributed by atoms with E-state index in [1.165, 1.54) is 22.5 Å². The maximum Gasteiger partial charge on any atom is 0.242 e. The normalized spacial score (nSPS) is 11.8. The molecular formula is C17H15F3N6O. The van der Waals surface area contributed by atoms with Crippen LogP contribution in [0.4, 0.5) is 13.2 Å². The molecule has 0 radical (unpaired) electrons. The molecule has 0 aliphatic carbocycles. The molecule has 0 amide bonds. The van der Waals surface area contributed by atoms with Crippen LogP contribution < -0.4 is 4.74 Å². The van der Waals surface area contributed by atoms with Gasteiger partial charge >= 0.3 is 0 Å². The van der Waals surface area contributed by atoms with Crippen LogP contribution in [0.3, 0.4) is 0 Å². The molecule has 0 saturated carbocycles. The molecule has 1 aromatic carbocycles. The second-order valence-corrected chi connectivity index (χ2v) is 6.01. The van der Waals surface area contributed by atoms with Gasteiger partial charge in [0.2, 0.25) is 5.88 Å². The zero-order valence-corrected chi connectivity index (χ0v) is 14.5. The van der Waals surface area contributed by atoms with Crippen molar-refractivity contribution >= 4 is 16.6 Å². The van der Waals surface area contributed by atoms with E-state index in [0.717, 1.165) is 0 Å². The zero-order chi connectivity index (χ0) is 19.1. The summed E-state index contributed by atoms with van der Waals surface area (Å²) >= 11 is 0. The molecule has 0 unspecified atom stereocenters. The van der Waals surface area contributed by atoms with Gasteiger partial charge in [0.1, 0.15) is 36.2 Å². The topological polar surface area (TPSA) is 70.1 Å². The molecular weight excluding hydrogens is 361 g/mol. The molecule has 3 aromatic heterocycles. The summed E-state index contributed by atoms with van der Waals surface area (Å²) in [6, 6.07) is 3.78. The largest absolute Gasteiger partial charge is 0.479 e. The van der Waals surface area contributed by atoms with E-state index in [1.54, 1.807) is 25.1 Å². The van der Waals surface area contributed by atoms with Gasteiger partial charge in [0.05, 0.1) is 24.4 Å². The molecule has 0 aliphatic heterocycles. The number of rotatable bonds is 5. The Bertz CT molecular complexity index is 1130. The Morgan fingerprint density at radius 3 is 2.70 bits per heavy atom. The first-order valence-electron chi connectivity index (χ1n) is 8.14. The highest BCUT2D eigenvalue weighted by atomic mass is 19.1. The second kappa shape index (κ2) is 6.53. The minimum atomic E-state index is -1.08. The fraction of sp³-hybridized carbons (Fsp3) is 0.294. The lowest BCUT2D eigenvalue weighted by atomic mass is 10.1. The quantitative estimate of drug-likeness (QED) is 0.535.